The lowest BCUT2D eigenvalue weighted by molar-refractivity contribution is -0.138. The summed E-state index contributed by atoms with van der Waals surface area (Å²) in [4.78, 5) is 12.9. The van der Waals surface area contributed by atoms with Gasteiger partial charge in [0.05, 0.1) is 6.54 Å². The number of carboxylic acids is 1. The Morgan fingerprint density at radius 1 is 1.41 bits per heavy atom. The highest BCUT2D eigenvalue weighted by atomic mass is 16.4. The molecule has 3 heteroatoms. The number of carboxylic acid groups (broad SMARTS) is 1. The van der Waals surface area contributed by atoms with Gasteiger partial charge in [0.2, 0.25) is 0 Å². The predicted octanol–water partition coefficient (Wildman–Crippen LogP) is 2.34. The smallest absolute Gasteiger partial charge is 0.317 e. The molecule has 1 aliphatic rings. The van der Waals surface area contributed by atoms with Gasteiger partial charge in [0.25, 0.3) is 0 Å². The molecule has 0 bridgehead atoms. The van der Waals surface area contributed by atoms with E-state index in [9.17, 15) is 4.79 Å². The van der Waals surface area contributed by atoms with Crippen molar-refractivity contribution in [3.05, 3.63) is 35.9 Å². The second-order valence-corrected chi connectivity index (χ2v) is 4.87. The van der Waals surface area contributed by atoms with Crippen LogP contribution in [0, 0.1) is 0 Å². The molecule has 2 rings (SSSR count). The average molecular weight is 233 g/mol. The van der Waals surface area contributed by atoms with Crippen LogP contribution < -0.4 is 0 Å². The molecule has 3 nitrogen and oxygen atoms in total. The Hall–Kier alpha value is -1.35. The molecule has 1 unspecified atom stereocenters. The van der Waals surface area contributed by atoms with E-state index in [0.29, 0.717) is 12.0 Å². The van der Waals surface area contributed by atoms with Crippen molar-refractivity contribution in [2.45, 2.75) is 31.7 Å². The first kappa shape index (κ1) is 12.1. The molecule has 1 atom stereocenters. The van der Waals surface area contributed by atoms with Crippen LogP contribution in [0.3, 0.4) is 0 Å². The predicted molar refractivity (Wildman–Crippen MR) is 67.1 cm³/mol. The van der Waals surface area contributed by atoms with Crippen LogP contribution in [0.2, 0.25) is 0 Å². The van der Waals surface area contributed by atoms with E-state index in [4.69, 9.17) is 5.11 Å². The molecule has 0 saturated heterocycles. The molecular formula is C14H19NO2. The van der Waals surface area contributed by atoms with Gasteiger partial charge in [-0.25, -0.2) is 0 Å². The third-order valence-electron chi connectivity index (χ3n) is 3.28. The molecule has 1 aliphatic carbocycles. The largest absolute Gasteiger partial charge is 0.480 e. The quantitative estimate of drug-likeness (QED) is 0.820. The first-order chi connectivity index (χ1) is 8.16. The van der Waals surface area contributed by atoms with Gasteiger partial charge in [-0.15, -0.1) is 0 Å². The fourth-order valence-corrected chi connectivity index (χ4v) is 2.19. The third kappa shape index (κ3) is 3.56. The molecular weight excluding hydrogens is 214 g/mol. The zero-order valence-electron chi connectivity index (χ0n) is 10.2. The van der Waals surface area contributed by atoms with Gasteiger partial charge in [0.15, 0.2) is 0 Å². The number of aliphatic carboxylic acids is 1. The molecule has 0 spiro atoms. The Kier molecular flexibility index (Phi) is 3.79. The van der Waals surface area contributed by atoms with Gasteiger partial charge in [-0.2, -0.15) is 0 Å². The standard InChI is InChI=1S/C14H19NO2/c1-11(12-5-3-2-4-6-12)9-15(10-14(16)17)13-7-8-13/h2-6,11,13H,7-10H2,1H3,(H,16,17). The first-order valence-corrected chi connectivity index (χ1v) is 6.17. The number of rotatable bonds is 6. The van der Waals surface area contributed by atoms with Crippen LogP contribution in [0.4, 0.5) is 0 Å². The van der Waals surface area contributed by atoms with Crippen molar-refractivity contribution in [1.82, 2.24) is 4.90 Å². The lowest BCUT2D eigenvalue weighted by atomic mass is 10.0. The van der Waals surface area contributed by atoms with Crippen molar-refractivity contribution in [1.29, 1.82) is 0 Å². The van der Waals surface area contributed by atoms with Crippen molar-refractivity contribution >= 4 is 5.97 Å². The highest BCUT2D eigenvalue weighted by molar-refractivity contribution is 5.69. The van der Waals surface area contributed by atoms with Gasteiger partial charge >= 0.3 is 5.97 Å². The minimum atomic E-state index is -0.725. The molecule has 0 aliphatic heterocycles. The fraction of sp³-hybridized carbons (Fsp3) is 0.500. The van der Waals surface area contributed by atoms with Gasteiger partial charge in [-0.3, -0.25) is 9.69 Å². The van der Waals surface area contributed by atoms with Crippen molar-refractivity contribution in [3.63, 3.8) is 0 Å². The number of nitrogens with zero attached hydrogens (tertiary/aromatic N) is 1. The highest BCUT2D eigenvalue weighted by Gasteiger charge is 2.31. The molecule has 1 aromatic rings. The summed E-state index contributed by atoms with van der Waals surface area (Å²) >= 11 is 0. The van der Waals surface area contributed by atoms with Crippen LogP contribution >= 0.6 is 0 Å². The van der Waals surface area contributed by atoms with E-state index in [1.807, 2.05) is 18.2 Å². The Morgan fingerprint density at radius 3 is 2.59 bits per heavy atom. The normalized spacial score (nSPS) is 17.1. The maximum Gasteiger partial charge on any atom is 0.317 e. The summed E-state index contributed by atoms with van der Waals surface area (Å²) in [6.07, 6.45) is 2.30. The van der Waals surface area contributed by atoms with E-state index >= 15 is 0 Å². The molecule has 17 heavy (non-hydrogen) atoms. The summed E-state index contributed by atoms with van der Waals surface area (Å²) in [5, 5.41) is 8.90. The molecule has 0 amide bonds. The Balaban J connectivity index is 1.95. The lowest BCUT2D eigenvalue weighted by Gasteiger charge is -2.24. The average Bonchev–Trinajstić information content (AvgIpc) is 3.12. The van der Waals surface area contributed by atoms with Crippen LogP contribution in [0.1, 0.15) is 31.2 Å². The SMILES string of the molecule is CC(CN(CC(=O)O)C1CC1)c1ccccc1. The van der Waals surface area contributed by atoms with Crippen LogP contribution in [-0.4, -0.2) is 35.1 Å². The summed E-state index contributed by atoms with van der Waals surface area (Å²) in [5.41, 5.74) is 1.28. The molecule has 1 N–H and O–H groups in total. The molecule has 1 fully saturated rings. The van der Waals surface area contributed by atoms with E-state index in [2.05, 4.69) is 24.0 Å². The maximum atomic E-state index is 10.8. The number of carbonyl (C=O) groups is 1. The van der Waals surface area contributed by atoms with E-state index in [0.717, 1.165) is 19.4 Å². The van der Waals surface area contributed by atoms with Crippen molar-refractivity contribution in [2.24, 2.45) is 0 Å². The zero-order valence-corrected chi connectivity index (χ0v) is 10.2. The van der Waals surface area contributed by atoms with Crippen molar-refractivity contribution < 1.29 is 9.90 Å². The number of hydrogen-bond acceptors (Lipinski definition) is 2. The molecule has 0 radical (unpaired) electrons. The summed E-state index contributed by atoms with van der Waals surface area (Å²) < 4.78 is 0. The fourth-order valence-electron chi connectivity index (χ4n) is 2.19. The van der Waals surface area contributed by atoms with Gasteiger partial charge in [0, 0.05) is 12.6 Å². The van der Waals surface area contributed by atoms with Gasteiger partial charge in [0.1, 0.15) is 0 Å². The maximum absolute atomic E-state index is 10.8. The lowest BCUT2D eigenvalue weighted by Crippen LogP contribution is -2.34. The molecule has 0 aromatic heterocycles. The molecule has 1 aromatic carbocycles. The van der Waals surface area contributed by atoms with E-state index < -0.39 is 5.97 Å². The van der Waals surface area contributed by atoms with E-state index in [-0.39, 0.29) is 6.54 Å². The second-order valence-electron chi connectivity index (χ2n) is 4.87. The van der Waals surface area contributed by atoms with Gasteiger partial charge in [-0.1, -0.05) is 37.3 Å². The molecule has 0 heterocycles. The van der Waals surface area contributed by atoms with Crippen molar-refractivity contribution in [2.75, 3.05) is 13.1 Å². The van der Waals surface area contributed by atoms with Gasteiger partial charge < -0.3 is 5.11 Å². The molecule has 1 saturated carbocycles. The van der Waals surface area contributed by atoms with Crippen molar-refractivity contribution in [3.8, 4) is 0 Å². The summed E-state index contributed by atoms with van der Waals surface area (Å²) in [6.45, 7) is 3.16. The van der Waals surface area contributed by atoms with Crippen LogP contribution in [-0.2, 0) is 4.79 Å². The highest BCUT2D eigenvalue weighted by Crippen LogP contribution is 2.29. The number of benzene rings is 1. The summed E-state index contributed by atoms with van der Waals surface area (Å²) in [6, 6.07) is 10.8. The minimum Gasteiger partial charge on any atom is -0.480 e. The minimum absolute atomic E-state index is 0.168. The molecule has 92 valence electrons. The Morgan fingerprint density at radius 2 is 2.06 bits per heavy atom. The van der Waals surface area contributed by atoms with Crippen LogP contribution in [0.15, 0.2) is 30.3 Å². The van der Waals surface area contributed by atoms with Crippen LogP contribution in [0.5, 0.6) is 0 Å². The monoisotopic (exact) mass is 233 g/mol. The second kappa shape index (κ2) is 5.32. The Bertz CT molecular complexity index is 373. The summed E-state index contributed by atoms with van der Waals surface area (Å²) in [5.74, 6) is -0.340. The first-order valence-electron chi connectivity index (χ1n) is 6.17. The third-order valence-corrected chi connectivity index (χ3v) is 3.28. The van der Waals surface area contributed by atoms with Gasteiger partial charge in [-0.05, 0) is 24.3 Å². The number of hydrogen-bond donors (Lipinski definition) is 1. The van der Waals surface area contributed by atoms with E-state index in [1.165, 1.54) is 5.56 Å². The zero-order chi connectivity index (χ0) is 12.3. The summed E-state index contributed by atoms with van der Waals surface area (Å²) in [7, 11) is 0. The van der Waals surface area contributed by atoms with E-state index in [1.54, 1.807) is 0 Å². The van der Waals surface area contributed by atoms with Crippen LogP contribution in [0.25, 0.3) is 0 Å². The topological polar surface area (TPSA) is 40.5 Å². The Labute approximate surface area is 102 Å².